The standard InChI is InChI=1S/C16H12O7/c1-22-16(21)9-3-2-8-13(19)12-10(18)4-7(6-17)5-11(12)23-15(8)14(9)20/h2-5,17-18,20H,6H2,1H3. The van der Waals surface area contributed by atoms with E-state index in [1.807, 2.05) is 0 Å². The second kappa shape index (κ2) is 5.29. The maximum absolute atomic E-state index is 12.5. The Morgan fingerprint density at radius 3 is 2.65 bits per heavy atom. The lowest BCUT2D eigenvalue weighted by Crippen LogP contribution is -2.06. The Hall–Kier alpha value is -3.06. The van der Waals surface area contributed by atoms with Crippen LogP contribution in [0.15, 0.2) is 33.5 Å². The quantitative estimate of drug-likeness (QED) is 0.486. The summed E-state index contributed by atoms with van der Waals surface area (Å²) in [5, 5.41) is 29.3. The average Bonchev–Trinajstić information content (AvgIpc) is 2.54. The highest BCUT2D eigenvalue weighted by molar-refractivity contribution is 6.02. The summed E-state index contributed by atoms with van der Waals surface area (Å²) in [6.45, 7) is -0.362. The third-order valence-electron chi connectivity index (χ3n) is 3.54. The minimum absolute atomic E-state index is 0.00898. The van der Waals surface area contributed by atoms with Crippen LogP contribution < -0.4 is 5.43 Å². The maximum Gasteiger partial charge on any atom is 0.341 e. The summed E-state index contributed by atoms with van der Waals surface area (Å²) in [5.74, 6) is -1.64. The predicted octanol–water partition coefficient (Wildman–Crippen LogP) is 1.64. The van der Waals surface area contributed by atoms with Gasteiger partial charge in [0.05, 0.1) is 19.1 Å². The Morgan fingerprint density at radius 1 is 1.26 bits per heavy atom. The summed E-state index contributed by atoms with van der Waals surface area (Å²) in [6.07, 6.45) is 0. The van der Waals surface area contributed by atoms with Gasteiger partial charge in [0.2, 0.25) is 5.43 Å². The van der Waals surface area contributed by atoms with Crippen LogP contribution in [0.1, 0.15) is 15.9 Å². The number of phenols is 2. The van der Waals surface area contributed by atoms with Crippen molar-refractivity contribution in [2.75, 3.05) is 7.11 Å². The molecule has 7 heteroatoms. The Morgan fingerprint density at radius 2 is 2.00 bits per heavy atom. The van der Waals surface area contributed by atoms with Crippen molar-refractivity contribution in [3.05, 3.63) is 45.6 Å². The fourth-order valence-corrected chi connectivity index (χ4v) is 2.43. The summed E-state index contributed by atoms with van der Waals surface area (Å²) in [6, 6.07) is 5.19. The van der Waals surface area contributed by atoms with Gasteiger partial charge >= 0.3 is 5.97 Å². The first-order valence-electron chi connectivity index (χ1n) is 6.61. The van der Waals surface area contributed by atoms with Crippen LogP contribution in [0.3, 0.4) is 0 Å². The van der Waals surface area contributed by atoms with Gasteiger partial charge in [0.25, 0.3) is 0 Å². The van der Waals surface area contributed by atoms with Gasteiger partial charge in [-0.3, -0.25) is 4.79 Å². The van der Waals surface area contributed by atoms with Crippen LogP contribution in [0.5, 0.6) is 11.5 Å². The number of carbonyl (C=O) groups is 1. The van der Waals surface area contributed by atoms with E-state index in [4.69, 9.17) is 9.52 Å². The zero-order valence-corrected chi connectivity index (χ0v) is 12.0. The van der Waals surface area contributed by atoms with Gasteiger partial charge in [0.1, 0.15) is 22.3 Å². The molecule has 0 saturated carbocycles. The molecule has 0 aliphatic rings. The van der Waals surface area contributed by atoms with Crippen LogP contribution >= 0.6 is 0 Å². The lowest BCUT2D eigenvalue weighted by atomic mass is 10.1. The number of phenolic OH excluding ortho intramolecular Hbond substituents is 2. The molecule has 0 aliphatic carbocycles. The molecule has 0 aliphatic heterocycles. The van der Waals surface area contributed by atoms with E-state index >= 15 is 0 Å². The predicted molar refractivity (Wildman–Crippen MR) is 80.6 cm³/mol. The largest absolute Gasteiger partial charge is 0.507 e. The van der Waals surface area contributed by atoms with E-state index < -0.39 is 17.1 Å². The van der Waals surface area contributed by atoms with Crippen molar-refractivity contribution in [1.82, 2.24) is 0 Å². The van der Waals surface area contributed by atoms with E-state index in [1.54, 1.807) is 0 Å². The first-order chi connectivity index (χ1) is 11.0. The van der Waals surface area contributed by atoms with E-state index in [9.17, 15) is 19.8 Å². The van der Waals surface area contributed by atoms with Crippen molar-refractivity contribution < 1.29 is 29.3 Å². The molecule has 0 radical (unpaired) electrons. The van der Waals surface area contributed by atoms with E-state index in [-0.39, 0.29) is 39.9 Å². The van der Waals surface area contributed by atoms with Crippen LogP contribution in [0.4, 0.5) is 0 Å². The molecule has 23 heavy (non-hydrogen) atoms. The molecule has 1 heterocycles. The number of aliphatic hydroxyl groups is 1. The van der Waals surface area contributed by atoms with E-state index in [0.29, 0.717) is 5.56 Å². The lowest BCUT2D eigenvalue weighted by molar-refractivity contribution is 0.0597. The Labute approximate surface area is 129 Å². The summed E-state index contributed by atoms with van der Waals surface area (Å²) >= 11 is 0. The molecule has 2 aromatic carbocycles. The van der Waals surface area contributed by atoms with Crippen molar-refractivity contribution in [1.29, 1.82) is 0 Å². The Kier molecular flexibility index (Phi) is 3.42. The Bertz CT molecular complexity index is 1000. The molecule has 0 saturated heterocycles. The van der Waals surface area contributed by atoms with E-state index in [0.717, 1.165) is 7.11 Å². The highest BCUT2D eigenvalue weighted by Gasteiger charge is 2.20. The summed E-state index contributed by atoms with van der Waals surface area (Å²) in [5.41, 5.74) is -0.579. The van der Waals surface area contributed by atoms with Gasteiger partial charge in [0, 0.05) is 0 Å². The number of aliphatic hydroxyl groups excluding tert-OH is 1. The summed E-state index contributed by atoms with van der Waals surface area (Å²) in [4.78, 5) is 24.1. The van der Waals surface area contributed by atoms with Gasteiger partial charge in [-0.25, -0.2) is 4.79 Å². The summed E-state index contributed by atoms with van der Waals surface area (Å²) in [7, 11) is 1.16. The number of hydrogen-bond donors (Lipinski definition) is 3. The average molecular weight is 316 g/mol. The zero-order valence-electron chi connectivity index (χ0n) is 12.0. The molecular formula is C16H12O7. The van der Waals surface area contributed by atoms with Crippen LogP contribution in [0.2, 0.25) is 0 Å². The summed E-state index contributed by atoms with van der Waals surface area (Å²) < 4.78 is 10.0. The van der Waals surface area contributed by atoms with Crippen LogP contribution in [0, 0.1) is 0 Å². The van der Waals surface area contributed by atoms with E-state index in [1.165, 1.54) is 24.3 Å². The molecule has 0 amide bonds. The molecule has 0 bridgehead atoms. The number of carbonyl (C=O) groups excluding carboxylic acids is 1. The molecule has 1 aromatic heterocycles. The molecule has 0 unspecified atom stereocenters. The topological polar surface area (TPSA) is 117 Å². The van der Waals surface area contributed by atoms with Gasteiger partial charge in [-0.2, -0.15) is 0 Å². The number of hydrogen-bond acceptors (Lipinski definition) is 7. The minimum Gasteiger partial charge on any atom is -0.507 e. The molecule has 3 aromatic rings. The molecule has 3 N–H and O–H groups in total. The molecule has 0 fully saturated rings. The maximum atomic E-state index is 12.5. The Balaban J connectivity index is 2.46. The fourth-order valence-electron chi connectivity index (χ4n) is 2.43. The number of ether oxygens (including phenoxy) is 1. The van der Waals surface area contributed by atoms with Crippen LogP contribution in [-0.2, 0) is 11.3 Å². The van der Waals surface area contributed by atoms with Gasteiger partial charge in [-0.15, -0.1) is 0 Å². The number of rotatable bonds is 2. The third-order valence-corrected chi connectivity index (χ3v) is 3.54. The monoisotopic (exact) mass is 316 g/mol. The molecule has 0 atom stereocenters. The fraction of sp³-hybridized carbons (Fsp3) is 0.125. The highest BCUT2D eigenvalue weighted by atomic mass is 16.5. The minimum atomic E-state index is -0.779. The van der Waals surface area contributed by atoms with Crippen LogP contribution in [-0.4, -0.2) is 28.4 Å². The van der Waals surface area contributed by atoms with Gasteiger partial charge in [0.15, 0.2) is 11.3 Å². The van der Waals surface area contributed by atoms with Gasteiger partial charge in [-0.1, -0.05) is 0 Å². The van der Waals surface area contributed by atoms with Crippen molar-refractivity contribution >= 4 is 27.9 Å². The molecule has 0 spiro atoms. The van der Waals surface area contributed by atoms with Crippen molar-refractivity contribution in [2.24, 2.45) is 0 Å². The van der Waals surface area contributed by atoms with E-state index in [2.05, 4.69) is 4.74 Å². The number of benzene rings is 2. The molecular weight excluding hydrogens is 304 g/mol. The third kappa shape index (κ3) is 2.18. The number of methoxy groups -OCH3 is 1. The molecule has 118 valence electrons. The van der Waals surface area contributed by atoms with Gasteiger partial charge in [-0.05, 0) is 29.8 Å². The van der Waals surface area contributed by atoms with Crippen LogP contribution in [0.25, 0.3) is 21.9 Å². The highest BCUT2D eigenvalue weighted by Crippen LogP contribution is 2.33. The number of aromatic hydroxyl groups is 2. The van der Waals surface area contributed by atoms with Crippen molar-refractivity contribution in [3.8, 4) is 11.5 Å². The normalized spacial score (nSPS) is 11.0. The van der Waals surface area contributed by atoms with Gasteiger partial charge < -0.3 is 24.5 Å². The SMILES string of the molecule is COC(=O)c1ccc2c(=O)c3c(O)cc(CO)cc3oc2c1O. The first kappa shape index (κ1) is 14.9. The molecule has 3 rings (SSSR count). The second-order valence-corrected chi connectivity index (χ2v) is 4.91. The number of fused-ring (bicyclic) bond motifs is 2. The second-order valence-electron chi connectivity index (χ2n) is 4.91. The lowest BCUT2D eigenvalue weighted by Gasteiger charge is -2.08. The first-order valence-corrected chi connectivity index (χ1v) is 6.61. The zero-order chi connectivity index (χ0) is 16.7. The molecule has 7 nitrogen and oxygen atoms in total. The smallest absolute Gasteiger partial charge is 0.341 e. The number of esters is 1. The van der Waals surface area contributed by atoms with Crippen molar-refractivity contribution in [2.45, 2.75) is 6.61 Å². The van der Waals surface area contributed by atoms with Crippen molar-refractivity contribution in [3.63, 3.8) is 0 Å².